The lowest BCUT2D eigenvalue weighted by Gasteiger charge is -2.11. The molecule has 0 heterocycles. The van der Waals surface area contributed by atoms with Gasteiger partial charge in [0.15, 0.2) is 0 Å². The van der Waals surface area contributed by atoms with Gasteiger partial charge in [-0.15, -0.1) is 0 Å². The fourth-order valence-electron chi connectivity index (χ4n) is 2.67. The third kappa shape index (κ3) is 2.46. The van der Waals surface area contributed by atoms with E-state index in [9.17, 15) is 14.0 Å². The quantitative estimate of drug-likeness (QED) is 0.801. The Morgan fingerprint density at radius 2 is 1.76 bits per heavy atom. The van der Waals surface area contributed by atoms with E-state index < -0.39 is 17.8 Å². The predicted octanol–water partition coefficient (Wildman–Crippen LogP) is 3.08. The van der Waals surface area contributed by atoms with Crippen LogP contribution in [0.25, 0.3) is 0 Å². The topological polar surface area (TPSA) is 78.4 Å². The molecule has 0 spiro atoms. The second-order valence-corrected chi connectivity index (χ2v) is 6.44. The van der Waals surface area contributed by atoms with Gasteiger partial charge in [0.1, 0.15) is 5.82 Å². The number of urea groups is 1. The van der Waals surface area contributed by atoms with E-state index in [4.69, 9.17) is 5.11 Å². The minimum atomic E-state index is -1.29. The van der Waals surface area contributed by atoms with Crippen LogP contribution in [-0.2, 0) is 0 Å². The van der Waals surface area contributed by atoms with Gasteiger partial charge in [0, 0.05) is 6.04 Å². The standard InChI is InChI=1S/C15H19FN2O3/c1-14(2)12(15(14,3)4)18-13(21)17-10-8(11(19)20)6-5-7-9(10)16/h5-7,12H,1-4H3,(H,19,20)(H2,17,18,21). The zero-order valence-corrected chi connectivity index (χ0v) is 12.5. The van der Waals surface area contributed by atoms with Crippen molar-refractivity contribution in [3.8, 4) is 0 Å². The summed E-state index contributed by atoms with van der Waals surface area (Å²) in [6.45, 7) is 8.13. The average Bonchev–Trinajstić information content (AvgIpc) is 2.74. The molecule has 21 heavy (non-hydrogen) atoms. The van der Waals surface area contributed by atoms with E-state index in [0.29, 0.717) is 0 Å². The van der Waals surface area contributed by atoms with Gasteiger partial charge in [-0.25, -0.2) is 14.0 Å². The Bertz CT molecular complexity index is 597. The van der Waals surface area contributed by atoms with Crippen molar-refractivity contribution in [2.24, 2.45) is 10.8 Å². The van der Waals surface area contributed by atoms with E-state index >= 15 is 0 Å². The van der Waals surface area contributed by atoms with Gasteiger partial charge < -0.3 is 15.7 Å². The third-order valence-corrected chi connectivity index (χ3v) is 4.78. The Hall–Kier alpha value is -2.11. The second-order valence-electron chi connectivity index (χ2n) is 6.44. The number of amides is 2. The van der Waals surface area contributed by atoms with E-state index in [0.717, 1.165) is 6.07 Å². The molecule has 1 aliphatic carbocycles. The fraction of sp³-hybridized carbons (Fsp3) is 0.467. The number of rotatable bonds is 3. The molecule has 0 aliphatic heterocycles. The van der Waals surface area contributed by atoms with Crippen LogP contribution in [0.3, 0.4) is 0 Å². The summed E-state index contributed by atoms with van der Waals surface area (Å²) >= 11 is 0. The second kappa shape index (κ2) is 4.72. The highest BCUT2D eigenvalue weighted by Crippen LogP contribution is 2.62. The third-order valence-electron chi connectivity index (χ3n) is 4.78. The molecule has 2 rings (SSSR count). The highest BCUT2D eigenvalue weighted by Gasteiger charge is 2.65. The number of benzene rings is 1. The van der Waals surface area contributed by atoms with Crippen LogP contribution in [0.15, 0.2) is 18.2 Å². The van der Waals surface area contributed by atoms with Crippen LogP contribution < -0.4 is 10.6 Å². The Balaban J connectivity index is 2.13. The van der Waals surface area contributed by atoms with Crippen molar-refractivity contribution in [2.45, 2.75) is 33.7 Å². The Labute approximate surface area is 122 Å². The van der Waals surface area contributed by atoms with Gasteiger partial charge in [-0.2, -0.15) is 0 Å². The van der Waals surface area contributed by atoms with Gasteiger partial charge in [-0.1, -0.05) is 33.8 Å². The summed E-state index contributed by atoms with van der Waals surface area (Å²) in [5.74, 6) is -2.07. The van der Waals surface area contributed by atoms with Crippen molar-refractivity contribution >= 4 is 17.7 Å². The Morgan fingerprint density at radius 1 is 1.19 bits per heavy atom. The summed E-state index contributed by atoms with van der Waals surface area (Å²) in [4.78, 5) is 23.0. The maximum absolute atomic E-state index is 13.7. The van der Waals surface area contributed by atoms with Crippen LogP contribution in [0.5, 0.6) is 0 Å². The minimum Gasteiger partial charge on any atom is -0.478 e. The van der Waals surface area contributed by atoms with Crippen LogP contribution in [0.1, 0.15) is 38.1 Å². The molecule has 0 saturated heterocycles. The molecule has 3 N–H and O–H groups in total. The number of carbonyl (C=O) groups is 2. The lowest BCUT2D eigenvalue weighted by atomic mass is 10.0. The number of anilines is 1. The molecule has 1 saturated carbocycles. The van der Waals surface area contributed by atoms with Crippen LogP contribution in [0.4, 0.5) is 14.9 Å². The van der Waals surface area contributed by atoms with Crippen LogP contribution in [0.2, 0.25) is 0 Å². The maximum atomic E-state index is 13.7. The molecule has 1 aliphatic rings. The summed E-state index contributed by atoms with van der Waals surface area (Å²) < 4.78 is 13.7. The molecule has 6 heteroatoms. The number of hydrogen-bond donors (Lipinski definition) is 3. The van der Waals surface area contributed by atoms with Gasteiger partial charge in [0.25, 0.3) is 0 Å². The van der Waals surface area contributed by atoms with Crippen LogP contribution >= 0.6 is 0 Å². The number of para-hydroxylation sites is 1. The molecule has 0 aromatic heterocycles. The number of hydrogen-bond acceptors (Lipinski definition) is 2. The number of carboxylic acid groups (broad SMARTS) is 1. The number of carboxylic acids is 1. The number of nitrogens with one attached hydrogen (secondary N) is 2. The number of carbonyl (C=O) groups excluding carboxylic acids is 1. The highest BCUT2D eigenvalue weighted by atomic mass is 19.1. The molecule has 1 fully saturated rings. The van der Waals surface area contributed by atoms with Crippen LogP contribution in [-0.4, -0.2) is 23.1 Å². The lowest BCUT2D eigenvalue weighted by molar-refractivity contribution is 0.0697. The molecule has 114 valence electrons. The van der Waals surface area contributed by atoms with Gasteiger partial charge in [0.05, 0.1) is 11.3 Å². The van der Waals surface area contributed by atoms with Crippen molar-refractivity contribution in [3.05, 3.63) is 29.6 Å². The molecule has 1 aromatic carbocycles. The first-order chi connectivity index (χ1) is 9.59. The average molecular weight is 294 g/mol. The van der Waals surface area contributed by atoms with E-state index in [1.807, 2.05) is 27.7 Å². The largest absolute Gasteiger partial charge is 0.478 e. The number of aromatic carboxylic acids is 1. The Kier molecular flexibility index (Phi) is 3.43. The van der Waals surface area contributed by atoms with Gasteiger partial charge in [0.2, 0.25) is 0 Å². The van der Waals surface area contributed by atoms with E-state index in [1.54, 1.807) is 0 Å². The SMILES string of the molecule is CC1(C)C(NC(=O)Nc2c(F)cccc2C(=O)O)C1(C)C. The van der Waals surface area contributed by atoms with Crippen molar-refractivity contribution in [1.82, 2.24) is 5.32 Å². The summed E-state index contributed by atoms with van der Waals surface area (Å²) in [7, 11) is 0. The molecule has 1 aromatic rings. The first-order valence-corrected chi connectivity index (χ1v) is 6.68. The highest BCUT2D eigenvalue weighted by molar-refractivity contribution is 6.00. The van der Waals surface area contributed by atoms with E-state index in [-0.39, 0.29) is 28.1 Å². The van der Waals surface area contributed by atoms with Crippen LogP contribution in [0, 0.1) is 16.6 Å². The molecular formula is C15H19FN2O3. The lowest BCUT2D eigenvalue weighted by Crippen LogP contribution is -2.34. The van der Waals surface area contributed by atoms with Crippen molar-refractivity contribution in [1.29, 1.82) is 0 Å². The molecule has 2 amide bonds. The first kappa shape index (κ1) is 15.3. The number of halogens is 1. The van der Waals surface area contributed by atoms with Gasteiger partial charge in [-0.05, 0) is 23.0 Å². The van der Waals surface area contributed by atoms with Gasteiger partial charge in [-0.3, -0.25) is 0 Å². The predicted molar refractivity (Wildman–Crippen MR) is 76.9 cm³/mol. The summed E-state index contributed by atoms with van der Waals surface area (Å²) in [5.41, 5.74) is -0.719. The molecule has 0 unspecified atom stereocenters. The minimum absolute atomic E-state index is 0.0509. The molecule has 0 radical (unpaired) electrons. The Morgan fingerprint density at radius 3 is 2.24 bits per heavy atom. The fourth-order valence-corrected chi connectivity index (χ4v) is 2.67. The maximum Gasteiger partial charge on any atom is 0.337 e. The smallest absolute Gasteiger partial charge is 0.337 e. The van der Waals surface area contributed by atoms with Crippen molar-refractivity contribution in [3.63, 3.8) is 0 Å². The molecule has 0 atom stereocenters. The summed E-state index contributed by atoms with van der Waals surface area (Å²) in [5, 5.41) is 14.1. The van der Waals surface area contributed by atoms with E-state index in [1.165, 1.54) is 12.1 Å². The van der Waals surface area contributed by atoms with Crippen molar-refractivity contribution in [2.75, 3.05) is 5.32 Å². The molecule has 0 bridgehead atoms. The summed E-state index contributed by atoms with van der Waals surface area (Å²) in [6, 6.07) is 2.98. The monoisotopic (exact) mass is 294 g/mol. The molecular weight excluding hydrogens is 275 g/mol. The summed E-state index contributed by atoms with van der Waals surface area (Å²) in [6.07, 6.45) is 0. The molecule has 5 nitrogen and oxygen atoms in total. The zero-order valence-electron chi connectivity index (χ0n) is 12.5. The van der Waals surface area contributed by atoms with Crippen molar-refractivity contribution < 1.29 is 19.1 Å². The zero-order chi connectivity index (χ0) is 16.0. The normalized spacial score (nSPS) is 18.9. The van der Waals surface area contributed by atoms with E-state index in [2.05, 4.69) is 10.6 Å². The first-order valence-electron chi connectivity index (χ1n) is 6.68. The van der Waals surface area contributed by atoms with Gasteiger partial charge >= 0.3 is 12.0 Å².